The minimum absolute atomic E-state index is 0.662. The zero-order chi connectivity index (χ0) is 10.5. The smallest absolute Gasteiger partial charge is 0.236 e. The Labute approximate surface area is 72.5 Å². The molecule has 0 saturated carbocycles. The Balaban J connectivity index is 2.97. The van der Waals surface area contributed by atoms with E-state index < -0.39 is 40.8 Å². The molecule has 1 aliphatic heterocycles. The summed E-state index contributed by atoms with van der Waals surface area (Å²) in [4.78, 5) is 0. The lowest BCUT2D eigenvalue weighted by Crippen LogP contribution is -2.51. The van der Waals surface area contributed by atoms with Crippen molar-refractivity contribution in [1.29, 1.82) is 0 Å². The van der Waals surface area contributed by atoms with Crippen LogP contribution in [0.25, 0.3) is 0 Å². The second-order valence-electron chi connectivity index (χ2n) is 2.57. The molecular weight excluding hydrogens is 225 g/mol. The highest BCUT2D eigenvalue weighted by atomic mass is 32.2. The molecule has 0 nitrogen and oxygen atoms in total. The first-order valence-corrected chi connectivity index (χ1v) is 4.01. The van der Waals surface area contributed by atoms with Crippen molar-refractivity contribution in [2.24, 2.45) is 0 Å². The highest BCUT2D eigenvalue weighted by Gasteiger charge is 2.73. The van der Waals surface area contributed by atoms with Crippen molar-refractivity contribution in [3.8, 4) is 0 Å². The molecule has 0 bridgehead atoms. The van der Waals surface area contributed by atoms with Gasteiger partial charge in [-0.15, -0.1) is 0 Å². The van der Waals surface area contributed by atoms with Crippen LogP contribution in [-0.2, 0) is 0 Å². The summed E-state index contributed by atoms with van der Waals surface area (Å²) < 4.78 is 84.8. The van der Waals surface area contributed by atoms with E-state index in [9.17, 15) is 30.7 Å². The van der Waals surface area contributed by atoms with Crippen molar-refractivity contribution < 1.29 is 30.7 Å². The van der Waals surface area contributed by atoms with Crippen LogP contribution in [0.4, 0.5) is 30.7 Å². The van der Waals surface area contributed by atoms with Gasteiger partial charge in [0, 0.05) is 5.75 Å². The lowest BCUT2D eigenvalue weighted by molar-refractivity contribution is -0.251. The molecule has 0 aromatic carbocycles. The van der Waals surface area contributed by atoms with Gasteiger partial charge >= 0.3 is 11.4 Å². The predicted octanol–water partition coefficient (Wildman–Crippen LogP) is 2.93. The summed E-state index contributed by atoms with van der Waals surface area (Å²) in [6, 6.07) is 0. The fourth-order valence-electron chi connectivity index (χ4n) is 0.839. The monoisotopic (exact) mass is 228 g/mol. The van der Waals surface area contributed by atoms with Crippen LogP contribution in [0.1, 0.15) is 0 Å². The molecule has 8 heteroatoms. The highest BCUT2D eigenvalue weighted by Crippen LogP contribution is 2.55. The summed E-state index contributed by atoms with van der Waals surface area (Å²) in [5.74, 6) is -1.61. The van der Waals surface area contributed by atoms with Crippen LogP contribution >= 0.6 is 11.8 Å². The van der Waals surface area contributed by atoms with Crippen molar-refractivity contribution >= 4 is 11.8 Å². The van der Waals surface area contributed by atoms with E-state index in [4.69, 9.17) is 0 Å². The van der Waals surface area contributed by atoms with E-state index in [1.54, 1.807) is 0 Å². The molecule has 0 N–H and O–H groups in total. The summed E-state index contributed by atoms with van der Waals surface area (Å²) >= 11 is -0.662. The van der Waals surface area contributed by atoms with E-state index in [1.807, 2.05) is 0 Å². The predicted molar refractivity (Wildman–Crippen MR) is 32.2 cm³/mol. The van der Waals surface area contributed by atoms with Crippen LogP contribution in [0, 0.1) is 0 Å². The first-order chi connectivity index (χ1) is 5.61. The molecule has 0 aromatic rings. The van der Waals surface area contributed by atoms with Crippen LogP contribution < -0.4 is 0 Å². The van der Waals surface area contributed by atoms with Gasteiger partial charge in [0.25, 0.3) is 5.67 Å². The molecule has 13 heavy (non-hydrogen) atoms. The summed E-state index contributed by atoms with van der Waals surface area (Å²) in [7, 11) is 0. The van der Waals surface area contributed by atoms with Crippen molar-refractivity contribution in [2.45, 2.75) is 23.3 Å². The van der Waals surface area contributed by atoms with Crippen molar-refractivity contribution in [3.63, 3.8) is 0 Å². The molecule has 2 atom stereocenters. The Hall–Kier alpha value is -0.140. The van der Waals surface area contributed by atoms with Gasteiger partial charge in [-0.05, 0) is 0 Å². The molecule has 1 heterocycles. The molecule has 0 aromatic heterocycles. The third-order valence-electron chi connectivity index (χ3n) is 1.64. The maximum Gasteiger partial charge on any atom is 0.426 e. The Bertz CT molecular complexity index is 211. The molecular formula is C5H3F7S. The molecule has 0 aliphatic carbocycles. The molecule has 1 saturated heterocycles. The average molecular weight is 228 g/mol. The first kappa shape index (κ1) is 10.9. The molecule has 78 valence electrons. The van der Waals surface area contributed by atoms with Crippen LogP contribution in [0.2, 0.25) is 0 Å². The number of halogens is 7. The fourth-order valence-corrected chi connectivity index (χ4v) is 1.89. The Morgan fingerprint density at radius 1 is 1.15 bits per heavy atom. The molecule has 0 spiro atoms. The van der Waals surface area contributed by atoms with Crippen molar-refractivity contribution in [3.05, 3.63) is 0 Å². The Morgan fingerprint density at radius 3 is 1.77 bits per heavy atom. The van der Waals surface area contributed by atoms with E-state index in [0.29, 0.717) is 0 Å². The second-order valence-corrected chi connectivity index (χ2v) is 3.69. The van der Waals surface area contributed by atoms with E-state index in [1.165, 1.54) is 0 Å². The summed E-state index contributed by atoms with van der Waals surface area (Å²) in [5, 5.41) is -4.30. The van der Waals surface area contributed by atoms with Crippen LogP contribution in [-0.4, -0.2) is 29.0 Å². The molecule has 2 unspecified atom stereocenters. The fraction of sp³-hybridized carbons (Fsp3) is 1.00. The van der Waals surface area contributed by atoms with E-state index in [2.05, 4.69) is 0 Å². The SMILES string of the molecule is FC1C(F)(F)SCC1(F)C(F)(F)F. The maximum absolute atomic E-state index is 12.7. The van der Waals surface area contributed by atoms with Gasteiger partial charge in [0.15, 0.2) is 0 Å². The van der Waals surface area contributed by atoms with Gasteiger partial charge in [-0.2, -0.15) is 22.0 Å². The van der Waals surface area contributed by atoms with Gasteiger partial charge in [-0.1, -0.05) is 11.8 Å². The van der Waals surface area contributed by atoms with Gasteiger partial charge in [0.1, 0.15) is 0 Å². The number of alkyl halides is 7. The first-order valence-electron chi connectivity index (χ1n) is 3.03. The van der Waals surface area contributed by atoms with Gasteiger partial charge in [0.05, 0.1) is 0 Å². The van der Waals surface area contributed by atoms with Gasteiger partial charge in [-0.25, -0.2) is 8.78 Å². The minimum atomic E-state index is -5.60. The van der Waals surface area contributed by atoms with Crippen LogP contribution in [0.5, 0.6) is 0 Å². The minimum Gasteiger partial charge on any atom is -0.236 e. The zero-order valence-electron chi connectivity index (χ0n) is 5.84. The molecule has 1 rings (SSSR count). The normalized spacial score (nSPS) is 39.5. The largest absolute Gasteiger partial charge is 0.426 e. The van der Waals surface area contributed by atoms with Crippen LogP contribution in [0.3, 0.4) is 0 Å². The number of hydrogen-bond donors (Lipinski definition) is 0. The summed E-state index contributed by atoms with van der Waals surface area (Å²) in [6.45, 7) is 0. The second kappa shape index (κ2) is 2.68. The highest BCUT2D eigenvalue weighted by molar-refractivity contribution is 8.00. The lowest BCUT2D eigenvalue weighted by atomic mass is 10.0. The van der Waals surface area contributed by atoms with Gasteiger partial charge in [0.2, 0.25) is 6.17 Å². The van der Waals surface area contributed by atoms with Crippen LogP contribution in [0.15, 0.2) is 0 Å². The molecule has 1 aliphatic rings. The summed E-state index contributed by atoms with van der Waals surface area (Å²) in [6.07, 6.45) is -9.43. The van der Waals surface area contributed by atoms with Crippen molar-refractivity contribution in [1.82, 2.24) is 0 Å². The molecule has 0 amide bonds. The number of rotatable bonds is 0. The van der Waals surface area contributed by atoms with E-state index in [0.717, 1.165) is 0 Å². The molecule has 1 fully saturated rings. The standard InChI is InChI=1S/C5H3F7S/c6-2-3(7,5(10,11)12)1-13-4(2,8)9/h2H,1H2. The van der Waals surface area contributed by atoms with E-state index in [-0.39, 0.29) is 0 Å². The van der Waals surface area contributed by atoms with Gasteiger partial charge < -0.3 is 0 Å². The lowest BCUT2D eigenvalue weighted by Gasteiger charge is -2.24. The van der Waals surface area contributed by atoms with Crippen molar-refractivity contribution in [2.75, 3.05) is 5.75 Å². The van der Waals surface area contributed by atoms with E-state index >= 15 is 0 Å². The Morgan fingerprint density at radius 2 is 1.62 bits per heavy atom. The third-order valence-corrected chi connectivity index (χ3v) is 2.80. The quantitative estimate of drug-likeness (QED) is 0.574. The Kier molecular flexibility index (Phi) is 2.25. The third kappa shape index (κ3) is 1.49. The number of hydrogen-bond acceptors (Lipinski definition) is 1. The molecule has 0 radical (unpaired) electrons. The zero-order valence-corrected chi connectivity index (χ0v) is 6.65. The topological polar surface area (TPSA) is 0 Å². The maximum atomic E-state index is 12.7. The van der Waals surface area contributed by atoms with Gasteiger partial charge in [-0.3, -0.25) is 0 Å². The summed E-state index contributed by atoms with van der Waals surface area (Å²) in [5.41, 5.74) is -4.43. The number of thioether (sulfide) groups is 1. The average Bonchev–Trinajstić information content (AvgIpc) is 2.14.